The molecular formula is C14H15N3O3. The van der Waals surface area contributed by atoms with Crippen molar-refractivity contribution in [3.05, 3.63) is 42.2 Å². The first kappa shape index (κ1) is 13.8. The van der Waals surface area contributed by atoms with Crippen LogP contribution in [-0.2, 0) is 16.0 Å². The second-order valence-electron chi connectivity index (χ2n) is 4.48. The van der Waals surface area contributed by atoms with Crippen molar-refractivity contribution in [3.8, 4) is 11.1 Å². The molecule has 1 amide bonds. The van der Waals surface area contributed by atoms with Gasteiger partial charge in [-0.05, 0) is 11.1 Å². The first-order valence-corrected chi connectivity index (χ1v) is 6.14. The number of aliphatic carboxylic acids is 1. The molecule has 104 valence electrons. The normalized spacial score (nSPS) is 11.8. The molecule has 0 fully saturated rings. The molecule has 0 aliphatic heterocycles. The quantitative estimate of drug-likeness (QED) is 0.763. The standard InChI is InChI=1S/C14H15N3O3/c1-9(18)17-13(14(19)20)6-10-2-4-11(5-3-10)12-7-15-16-8-12/h2-5,7-8,13H,6H2,1H3,(H,15,16)(H,17,18)(H,19,20)/t13-/m1/s1. The lowest BCUT2D eigenvalue weighted by Gasteiger charge is -2.13. The Balaban J connectivity index is 2.09. The number of amides is 1. The number of aromatic nitrogens is 2. The van der Waals surface area contributed by atoms with Crippen molar-refractivity contribution in [2.45, 2.75) is 19.4 Å². The van der Waals surface area contributed by atoms with Gasteiger partial charge in [0.1, 0.15) is 6.04 Å². The van der Waals surface area contributed by atoms with Gasteiger partial charge in [0.05, 0.1) is 6.20 Å². The summed E-state index contributed by atoms with van der Waals surface area (Å²) in [4.78, 5) is 22.0. The Morgan fingerprint density at radius 1 is 1.30 bits per heavy atom. The minimum absolute atomic E-state index is 0.251. The average Bonchev–Trinajstić information content (AvgIpc) is 2.92. The Kier molecular flexibility index (Phi) is 4.14. The zero-order valence-electron chi connectivity index (χ0n) is 11.0. The highest BCUT2D eigenvalue weighted by Crippen LogP contribution is 2.18. The van der Waals surface area contributed by atoms with E-state index in [4.69, 9.17) is 5.11 Å². The Bertz CT molecular complexity index is 591. The number of rotatable bonds is 5. The van der Waals surface area contributed by atoms with Crippen LogP contribution in [0.2, 0.25) is 0 Å². The Hall–Kier alpha value is -2.63. The van der Waals surface area contributed by atoms with Crippen molar-refractivity contribution in [1.29, 1.82) is 0 Å². The van der Waals surface area contributed by atoms with Crippen LogP contribution in [0, 0.1) is 0 Å². The SMILES string of the molecule is CC(=O)N[C@H](Cc1ccc(-c2cn[nH]c2)cc1)C(=O)O. The number of H-pyrrole nitrogens is 1. The second-order valence-corrected chi connectivity index (χ2v) is 4.48. The third-order valence-corrected chi connectivity index (χ3v) is 2.90. The van der Waals surface area contributed by atoms with Crippen molar-refractivity contribution < 1.29 is 14.7 Å². The lowest BCUT2D eigenvalue weighted by atomic mass is 10.0. The van der Waals surface area contributed by atoms with Crippen molar-refractivity contribution in [2.24, 2.45) is 0 Å². The van der Waals surface area contributed by atoms with Gasteiger partial charge >= 0.3 is 5.97 Å². The van der Waals surface area contributed by atoms with E-state index in [9.17, 15) is 9.59 Å². The highest BCUT2D eigenvalue weighted by atomic mass is 16.4. The summed E-state index contributed by atoms with van der Waals surface area (Å²) in [6, 6.07) is 6.58. The number of carboxylic acids is 1. The third kappa shape index (κ3) is 3.44. The van der Waals surface area contributed by atoms with Crippen molar-refractivity contribution in [1.82, 2.24) is 15.5 Å². The number of nitrogens with zero attached hydrogens (tertiary/aromatic N) is 1. The zero-order valence-corrected chi connectivity index (χ0v) is 11.0. The van der Waals surface area contributed by atoms with Gasteiger partial charge in [0.2, 0.25) is 5.91 Å². The van der Waals surface area contributed by atoms with Crippen molar-refractivity contribution in [3.63, 3.8) is 0 Å². The number of carboxylic acid groups (broad SMARTS) is 1. The maximum Gasteiger partial charge on any atom is 0.326 e. The van der Waals surface area contributed by atoms with E-state index >= 15 is 0 Å². The number of aromatic amines is 1. The minimum atomic E-state index is -1.04. The van der Waals surface area contributed by atoms with Crippen LogP contribution >= 0.6 is 0 Å². The predicted octanol–water partition coefficient (Wildman–Crippen LogP) is 1.21. The molecular weight excluding hydrogens is 258 g/mol. The highest BCUT2D eigenvalue weighted by molar-refractivity contribution is 5.82. The smallest absolute Gasteiger partial charge is 0.326 e. The summed E-state index contributed by atoms with van der Waals surface area (Å²) in [6.07, 6.45) is 3.75. The zero-order chi connectivity index (χ0) is 14.5. The Morgan fingerprint density at radius 2 is 2.00 bits per heavy atom. The number of hydrogen-bond acceptors (Lipinski definition) is 3. The van der Waals surface area contributed by atoms with Gasteiger partial charge in [-0.3, -0.25) is 9.89 Å². The van der Waals surface area contributed by atoms with E-state index in [1.807, 2.05) is 24.3 Å². The predicted molar refractivity (Wildman–Crippen MR) is 73.0 cm³/mol. The molecule has 3 N–H and O–H groups in total. The van der Waals surface area contributed by atoms with Gasteiger partial charge < -0.3 is 10.4 Å². The number of hydrogen-bond donors (Lipinski definition) is 3. The fraction of sp³-hybridized carbons (Fsp3) is 0.214. The molecule has 1 aromatic carbocycles. The van der Waals surface area contributed by atoms with E-state index in [1.165, 1.54) is 6.92 Å². The maximum atomic E-state index is 11.1. The Morgan fingerprint density at radius 3 is 2.50 bits per heavy atom. The summed E-state index contributed by atoms with van der Waals surface area (Å²) in [7, 11) is 0. The van der Waals surface area contributed by atoms with Crippen molar-refractivity contribution >= 4 is 11.9 Å². The molecule has 1 heterocycles. The summed E-state index contributed by atoms with van der Waals surface area (Å²) in [5, 5.41) is 18.1. The molecule has 6 heteroatoms. The lowest BCUT2D eigenvalue weighted by molar-refractivity contribution is -0.141. The average molecular weight is 273 g/mol. The summed E-state index contributed by atoms with van der Waals surface area (Å²) in [5.74, 6) is -1.40. The van der Waals surface area contributed by atoms with Gasteiger partial charge in [0, 0.05) is 25.1 Å². The highest BCUT2D eigenvalue weighted by Gasteiger charge is 2.18. The molecule has 0 spiro atoms. The third-order valence-electron chi connectivity index (χ3n) is 2.90. The molecule has 6 nitrogen and oxygen atoms in total. The summed E-state index contributed by atoms with van der Waals surface area (Å²) < 4.78 is 0. The van der Waals surface area contributed by atoms with Crippen LogP contribution < -0.4 is 5.32 Å². The molecule has 1 aromatic heterocycles. The van der Waals surface area contributed by atoms with Crippen LogP contribution in [0.15, 0.2) is 36.7 Å². The molecule has 0 saturated carbocycles. The van der Waals surface area contributed by atoms with Crippen LogP contribution in [0.5, 0.6) is 0 Å². The maximum absolute atomic E-state index is 11.1. The van der Waals surface area contributed by atoms with E-state index in [0.717, 1.165) is 16.7 Å². The van der Waals surface area contributed by atoms with E-state index in [1.54, 1.807) is 12.4 Å². The van der Waals surface area contributed by atoms with Gasteiger partial charge in [-0.25, -0.2) is 4.79 Å². The van der Waals surface area contributed by atoms with Gasteiger partial charge in [-0.15, -0.1) is 0 Å². The van der Waals surface area contributed by atoms with Crippen LogP contribution in [-0.4, -0.2) is 33.2 Å². The van der Waals surface area contributed by atoms with Crippen LogP contribution in [0.4, 0.5) is 0 Å². The molecule has 0 unspecified atom stereocenters. The fourth-order valence-corrected chi connectivity index (χ4v) is 1.92. The van der Waals surface area contributed by atoms with E-state index < -0.39 is 12.0 Å². The van der Waals surface area contributed by atoms with E-state index in [2.05, 4.69) is 15.5 Å². The van der Waals surface area contributed by atoms with E-state index in [0.29, 0.717) is 0 Å². The molecule has 0 saturated heterocycles. The van der Waals surface area contributed by atoms with Gasteiger partial charge in [0.15, 0.2) is 0 Å². The Labute approximate surface area is 115 Å². The number of nitrogens with one attached hydrogen (secondary N) is 2. The van der Waals surface area contributed by atoms with Gasteiger partial charge in [0.25, 0.3) is 0 Å². The van der Waals surface area contributed by atoms with Gasteiger partial charge in [-0.1, -0.05) is 24.3 Å². The molecule has 0 radical (unpaired) electrons. The van der Waals surface area contributed by atoms with Crippen LogP contribution in [0.3, 0.4) is 0 Å². The molecule has 20 heavy (non-hydrogen) atoms. The molecule has 0 aliphatic rings. The molecule has 1 atom stereocenters. The van der Waals surface area contributed by atoms with E-state index in [-0.39, 0.29) is 12.3 Å². The molecule has 0 bridgehead atoms. The summed E-state index contributed by atoms with van der Waals surface area (Å²) >= 11 is 0. The summed E-state index contributed by atoms with van der Waals surface area (Å²) in [5.41, 5.74) is 2.81. The topological polar surface area (TPSA) is 95.1 Å². The largest absolute Gasteiger partial charge is 0.480 e. The van der Waals surface area contributed by atoms with Gasteiger partial charge in [-0.2, -0.15) is 5.10 Å². The number of carbonyl (C=O) groups is 2. The molecule has 2 aromatic rings. The fourth-order valence-electron chi connectivity index (χ4n) is 1.92. The minimum Gasteiger partial charge on any atom is -0.480 e. The van der Waals surface area contributed by atoms with Crippen LogP contribution in [0.1, 0.15) is 12.5 Å². The summed E-state index contributed by atoms with van der Waals surface area (Å²) in [6.45, 7) is 1.30. The molecule has 2 rings (SSSR count). The van der Waals surface area contributed by atoms with Crippen molar-refractivity contribution in [2.75, 3.05) is 0 Å². The first-order chi connectivity index (χ1) is 9.56. The number of carbonyl (C=O) groups excluding carboxylic acids is 1. The lowest BCUT2D eigenvalue weighted by Crippen LogP contribution is -2.41. The number of benzene rings is 1. The van der Waals surface area contributed by atoms with Crippen LogP contribution in [0.25, 0.3) is 11.1 Å². The molecule has 0 aliphatic carbocycles. The monoisotopic (exact) mass is 273 g/mol. The second kappa shape index (κ2) is 6.01. The first-order valence-electron chi connectivity index (χ1n) is 6.14.